The third-order valence-corrected chi connectivity index (χ3v) is 3.92. The zero-order valence-corrected chi connectivity index (χ0v) is 16.0. The van der Waals surface area contributed by atoms with Crippen LogP contribution in [-0.4, -0.2) is 46.1 Å². The van der Waals surface area contributed by atoms with Crippen LogP contribution in [0.25, 0.3) is 0 Å². The van der Waals surface area contributed by atoms with Gasteiger partial charge in [-0.3, -0.25) is 14.4 Å². The average Bonchev–Trinajstić information content (AvgIpc) is 2.78. The van der Waals surface area contributed by atoms with E-state index in [1.54, 1.807) is 12.1 Å². The molecule has 9 nitrogen and oxygen atoms in total. The van der Waals surface area contributed by atoms with Crippen LogP contribution >= 0.6 is 0 Å². The van der Waals surface area contributed by atoms with Crippen LogP contribution in [-0.2, 0) is 0 Å². The van der Waals surface area contributed by atoms with E-state index in [1.807, 2.05) is 0 Å². The first-order chi connectivity index (χ1) is 14.9. The Morgan fingerprint density at radius 2 is 0.968 bits per heavy atom. The van der Waals surface area contributed by atoms with Crippen LogP contribution in [0.1, 0.15) is 31.1 Å². The fourth-order valence-electron chi connectivity index (χ4n) is 2.30. The second-order valence-corrected chi connectivity index (χ2v) is 5.86. The van der Waals surface area contributed by atoms with E-state index in [1.165, 1.54) is 42.5 Å². The number of benzene rings is 3. The summed E-state index contributed by atoms with van der Waals surface area (Å²) in [6.45, 7) is -0.314. The first kappa shape index (κ1) is 22.8. The van der Waals surface area contributed by atoms with Crippen molar-refractivity contribution in [1.29, 1.82) is 0 Å². The van der Waals surface area contributed by atoms with E-state index >= 15 is 0 Å². The molecule has 0 unspecified atom stereocenters. The Morgan fingerprint density at radius 1 is 0.581 bits per heavy atom. The first-order valence-corrected chi connectivity index (χ1v) is 8.69. The molecule has 0 amide bonds. The summed E-state index contributed by atoms with van der Waals surface area (Å²) in [4.78, 5) is 31.5. The first-order valence-electron chi connectivity index (χ1n) is 8.69. The van der Waals surface area contributed by atoms with Gasteiger partial charge in [-0.2, -0.15) is 0 Å². The molecule has 0 radical (unpaired) electrons. The standard InChI is InChI=1S/C15H12O6.C7H6O3/c16-7-10-3-1-5-12(14(10)18)20-9-21-13-6-2-4-11(8-17)15(13)19;8-4-5-2-1-3-6(9)7(5)10/h1-8,18-19H,9H2;1-4,9-10H. The summed E-state index contributed by atoms with van der Waals surface area (Å²) in [6, 6.07) is 13.1. The molecular formula is C22H18O9. The number of phenols is 4. The molecule has 3 rings (SSSR count). The molecule has 0 saturated carbocycles. The number of rotatable bonds is 7. The van der Waals surface area contributed by atoms with E-state index < -0.39 is 0 Å². The van der Waals surface area contributed by atoms with Gasteiger partial charge in [-0.25, -0.2) is 0 Å². The van der Waals surface area contributed by atoms with Gasteiger partial charge < -0.3 is 29.9 Å². The molecule has 0 aliphatic carbocycles. The highest BCUT2D eigenvalue weighted by Crippen LogP contribution is 2.31. The molecule has 3 aromatic carbocycles. The Balaban J connectivity index is 0.000000285. The molecule has 160 valence electrons. The van der Waals surface area contributed by atoms with Gasteiger partial charge in [0.1, 0.15) is 0 Å². The number of ether oxygens (including phenoxy) is 2. The maximum Gasteiger partial charge on any atom is 0.231 e. The van der Waals surface area contributed by atoms with Crippen molar-refractivity contribution in [3.63, 3.8) is 0 Å². The predicted molar refractivity (Wildman–Crippen MR) is 108 cm³/mol. The molecule has 0 heterocycles. The van der Waals surface area contributed by atoms with Gasteiger partial charge >= 0.3 is 0 Å². The molecule has 0 spiro atoms. The van der Waals surface area contributed by atoms with Crippen LogP contribution in [0.2, 0.25) is 0 Å². The molecule has 3 aromatic rings. The smallest absolute Gasteiger partial charge is 0.231 e. The maximum atomic E-state index is 10.7. The van der Waals surface area contributed by atoms with Gasteiger partial charge in [0.15, 0.2) is 53.4 Å². The number of hydrogen-bond acceptors (Lipinski definition) is 9. The quantitative estimate of drug-likeness (QED) is 0.254. The van der Waals surface area contributed by atoms with E-state index in [2.05, 4.69) is 0 Å². The van der Waals surface area contributed by atoms with Crippen molar-refractivity contribution in [2.45, 2.75) is 0 Å². The largest absolute Gasteiger partial charge is 0.504 e. The lowest BCUT2D eigenvalue weighted by molar-refractivity contribution is 0.108. The average molecular weight is 426 g/mol. The summed E-state index contributed by atoms with van der Waals surface area (Å²) in [5, 5.41) is 37.2. The number of carbonyl (C=O) groups excluding carboxylic acids is 3. The molecule has 0 fully saturated rings. The fraction of sp³-hybridized carbons (Fsp3) is 0.0455. The second kappa shape index (κ2) is 10.9. The minimum absolute atomic E-state index is 0.0747. The molecular weight excluding hydrogens is 408 g/mol. The number of phenolic OH excluding ortho intramolecular Hbond substituents is 4. The van der Waals surface area contributed by atoms with Crippen LogP contribution in [0.4, 0.5) is 0 Å². The van der Waals surface area contributed by atoms with Gasteiger partial charge in [0.25, 0.3) is 0 Å². The Hall–Kier alpha value is -4.53. The number of para-hydroxylation sites is 3. The van der Waals surface area contributed by atoms with E-state index in [4.69, 9.17) is 19.7 Å². The third kappa shape index (κ3) is 5.73. The van der Waals surface area contributed by atoms with Crippen molar-refractivity contribution in [2.24, 2.45) is 0 Å². The Kier molecular flexibility index (Phi) is 7.97. The fourth-order valence-corrected chi connectivity index (χ4v) is 2.30. The van der Waals surface area contributed by atoms with Crippen molar-refractivity contribution in [1.82, 2.24) is 0 Å². The Bertz CT molecular complexity index is 1020. The summed E-state index contributed by atoms with van der Waals surface area (Å²) < 4.78 is 10.4. The molecule has 4 N–H and O–H groups in total. The summed E-state index contributed by atoms with van der Waals surface area (Å²) in [7, 11) is 0. The summed E-state index contributed by atoms with van der Waals surface area (Å²) >= 11 is 0. The molecule has 0 atom stereocenters. The van der Waals surface area contributed by atoms with Gasteiger partial charge in [0.2, 0.25) is 6.79 Å². The number of aromatic hydroxyl groups is 4. The highest BCUT2D eigenvalue weighted by Gasteiger charge is 2.10. The molecule has 9 heteroatoms. The number of aldehydes is 3. The lowest BCUT2D eigenvalue weighted by atomic mass is 10.2. The predicted octanol–water partition coefficient (Wildman–Crippen LogP) is 3.05. The summed E-state index contributed by atoms with van der Waals surface area (Å²) in [5.41, 5.74) is 0.289. The van der Waals surface area contributed by atoms with E-state index in [9.17, 15) is 24.6 Å². The topological polar surface area (TPSA) is 151 Å². The normalized spacial score (nSPS) is 9.68. The molecule has 0 aromatic heterocycles. The van der Waals surface area contributed by atoms with Gasteiger partial charge in [-0.05, 0) is 36.4 Å². The monoisotopic (exact) mass is 426 g/mol. The maximum absolute atomic E-state index is 10.7. The van der Waals surface area contributed by atoms with Crippen LogP contribution in [0, 0.1) is 0 Å². The van der Waals surface area contributed by atoms with Crippen LogP contribution < -0.4 is 9.47 Å². The minimum Gasteiger partial charge on any atom is -0.504 e. The van der Waals surface area contributed by atoms with E-state index in [0.29, 0.717) is 18.9 Å². The molecule has 0 aliphatic rings. The lowest BCUT2D eigenvalue weighted by Gasteiger charge is -2.11. The van der Waals surface area contributed by atoms with Gasteiger partial charge in [0, 0.05) is 0 Å². The molecule has 0 aliphatic heterocycles. The van der Waals surface area contributed by atoms with Crippen molar-refractivity contribution in [2.75, 3.05) is 6.79 Å². The lowest BCUT2D eigenvalue weighted by Crippen LogP contribution is -2.06. The van der Waals surface area contributed by atoms with Crippen molar-refractivity contribution >= 4 is 18.9 Å². The third-order valence-electron chi connectivity index (χ3n) is 3.92. The number of carbonyl (C=O) groups is 3. The zero-order chi connectivity index (χ0) is 22.8. The Labute approximate surface area is 176 Å². The van der Waals surface area contributed by atoms with Gasteiger partial charge in [-0.15, -0.1) is 0 Å². The summed E-state index contributed by atoms with van der Waals surface area (Å²) in [6.07, 6.45) is 1.49. The summed E-state index contributed by atoms with van der Waals surface area (Å²) in [5.74, 6) is -1.07. The van der Waals surface area contributed by atoms with Crippen molar-refractivity contribution in [3.8, 4) is 34.5 Å². The molecule has 0 bridgehead atoms. The SMILES string of the molecule is O=Cc1cccc(O)c1O.O=Cc1cccc(OCOc2cccc(C=O)c2O)c1O. The minimum atomic E-state index is -0.363. The second-order valence-electron chi connectivity index (χ2n) is 5.86. The van der Waals surface area contributed by atoms with Crippen molar-refractivity contribution in [3.05, 3.63) is 71.3 Å². The van der Waals surface area contributed by atoms with Crippen molar-refractivity contribution < 1.29 is 44.3 Å². The molecule has 31 heavy (non-hydrogen) atoms. The van der Waals surface area contributed by atoms with Crippen LogP contribution in [0.5, 0.6) is 34.5 Å². The Morgan fingerprint density at radius 3 is 1.35 bits per heavy atom. The van der Waals surface area contributed by atoms with Gasteiger partial charge in [-0.1, -0.05) is 18.2 Å². The zero-order valence-electron chi connectivity index (χ0n) is 16.0. The van der Waals surface area contributed by atoms with E-state index in [-0.39, 0.29) is 58.0 Å². The van der Waals surface area contributed by atoms with Gasteiger partial charge in [0.05, 0.1) is 16.7 Å². The number of hydrogen-bond donors (Lipinski definition) is 4. The molecule has 0 saturated heterocycles. The highest BCUT2D eigenvalue weighted by atomic mass is 16.7. The van der Waals surface area contributed by atoms with Crippen LogP contribution in [0.3, 0.4) is 0 Å². The van der Waals surface area contributed by atoms with E-state index in [0.717, 1.165) is 0 Å². The van der Waals surface area contributed by atoms with Crippen LogP contribution in [0.15, 0.2) is 54.6 Å². The highest BCUT2D eigenvalue weighted by molar-refractivity contribution is 5.81.